The Morgan fingerprint density at radius 1 is 0.806 bits per heavy atom. The van der Waals surface area contributed by atoms with Crippen LogP contribution in [-0.4, -0.2) is 27.5 Å². The number of nitrogens with zero attached hydrogens (tertiary/aromatic N) is 3. The third-order valence-corrected chi connectivity index (χ3v) is 5.99. The van der Waals surface area contributed by atoms with Crippen LogP contribution in [0.15, 0.2) is 82.4 Å². The largest absolute Gasteiger partial charge is 0.493 e. The summed E-state index contributed by atoms with van der Waals surface area (Å²) >= 11 is 5.00. The molecule has 1 heterocycles. The molecule has 0 unspecified atom stereocenters. The van der Waals surface area contributed by atoms with Crippen molar-refractivity contribution < 1.29 is 4.74 Å². The predicted molar refractivity (Wildman–Crippen MR) is 131 cm³/mol. The van der Waals surface area contributed by atoms with E-state index >= 15 is 0 Å². The van der Waals surface area contributed by atoms with Crippen LogP contribution in [0.1, 0.15) is 11.1 Å². The van der Waals surface area contributed by atoms with Gasteiger partial charge in [-0.15, -0.1) is 10.2 Å². The van der Waals surface area contributed by atoms with Gasteiger partial charge < -0.3 is 4.74 Å². The van der Waals surface area contributed by atoms with Gasteiger partial charge in [-0.2, -0.15) is 0 Å². The smallest absolute Gasteiger partial charge is 0.209 e. The number of hydrogen-bond donors (Lipinski definition) is 0. The van der Waals surface area contributed by atoms with Crippen molar-refractivity contribution in [3.63, 3.8) is 0 Å². The highest BCUT2D eigenvalue weighted by Crippen LogP contribution is 2.30. The molecule has 3 aromatic carbocycles. The van der Waals surface area contributed by atoms with Crippen LogP contribution >= 0.6 is 27.7 Å². The second kappa shape index (κ2) is 10.1. The van der Waals surface area contributed by atoms with Crippen molar-refractivity contribution in [3.05, 3.63) is 88.4 Å². The van der Waals surface area contributed by atoms with E-state index in [9.17, 15) is 0 Å². The van der Waals surface area contributed by atoms with E-state index in [1.807, 2.05) is 24.3 Å². The van der Waals surface area contributed by atoms with E-state index in [0.717, 1.165) is 38.5 Å². The molecule has 31 heavy (non-hydrogen) atoms. The van der Waals surface area contributed by atoms with Crippen LogP contribution < -0.4 is 4.74 Å². The molecule has 0 amide bonds. The maximum Gasteiger partial charge on any atom is 0.209 e. The average molecular weight is 492 g/mol. The zero-order chi connectivity index (χ0) is 21.6. The molecule has 0 aliphatic heterocycles. The van der Waals surface area contributed by atoms with E-state index in [1.54, 1.807) is 11.8 Å². The lowest BCUT2D eigenvalue weighted by atomic mass is 10.0. The van der Waals surface area contributed by atoms with Gasteiger partial charge in [-0.1, -0.05) is 93.4 Å². The lowest BCUT2D eigenvalue weighted by molar-refractivity contribution is 0.343. The van der Waals surface area contributed by atoms with Crippen LogP contribution in [0.5, 0.6) is 5.75 Å². The molecule has 0 aliphatic rings. The minimum absolute atomic E-state index is 0.560. The maximum atomic E-state index is 5.81. The summed E-state index contributed by atoms with van der Waals surface area (Å²) in [6, 6.07) is 24.5. The summed E-state index contributed by atoms with van der Waals surface area (Å²) in [5.74, 6) is 1.56. The Morgan fingerprint density at radius 3 is 2.10 bits per heavy atom. The van der Waals surface area contributed by atoms with Crippen molar-refractivity contribution in [2.45, 2.75) is 19.0 Å². The first-order chi connectivity index (χ1) is 15.1. The van der Waals surface area contributed by atoms with Crippen molar-refractivity contribution in [1.29, 1.82) is 0 Å². The normalized spacial score (nSPS) is 10.8. The Balaban J connectivity index is 1.54. The fourth-order valence-electron chi connectivity index (χ4n) is 3.04. The van der Waals surface area contributed by atoms with E-state index in [-0.39, 0.29) is 0 Å². The van der Waals surface area contributed by atoms with Gasteiger partial charge in [0, 0.05) is 21.4 Å². The molecule has 4 aromatic rings. The average Bonchev–Trinajstić information content (AvgIpc) is 2.78. The fourth-order valence-corrected chi connectivity index (χ4v) is 4.02. The number of rotatable bonds is 7. The summed E-state index contributed by atoms with van der Waals surface area (Å²) < 4.78 is 6.81. The van der Waals surface area contributed by atoms with Crippen LogP contribution in [0.25, 0.3) is 22.5 Å². The molecule has 0 bridgehead atoms. The molecular formula is C25H22BrN3OS. The van der Waals surface area contributed by atoms with Gasteiger partial charge in [0.2, 0.25) is 5.16 Å². The molecule has 0 atom stereocenters. The minimum atomic E-state index is 0.560. The summed E-state index contributed by atoms with van der Waals surface area (Å²) in [6.45, 7) is 4.71. The van der Waals surface area contributed by atoms with Crippen molar-refractivity contribution in [3.8, 4) is 28.3 Å². The molecular weight excluding hydrogens is 470 g/mol. The zero-order valence-corrected chi connectivity index (χ0v) is 19.8. The first-order valence-corrected chi connectivity index (χ1v) is 11.8. The molecule has 0 aliphatic carbocycles. The summed E-state index contributed by atoms with van der Waals surface area (Å²) in [4.78, 5) is 4.86. The summed E-state index contributed by atoms with van der Waals surface area (Å²) in [5, 5.41) is 9.57. The van der Waals surface area contributed by atoms with Gasteiger partial charge in [0.25, 0.3) is 0 Å². The number of thioether (sulfide) groups is 1. The van der Waals surface area contributed by atoms with Crippen LogP contribution in [0.2, 0.25) is 0 Å². The highest BCUT2D eigenvalue weighted by molar-refractivity contribution is 9.10. The number of halogens is 1. The lowest BCUT2D eigenvalue weighted by Gasteiger charge is -2.10. The van der Waals surface area contributed by atoms with Gasteiger partial charge in [-0.05, 0) is 32.0 Å². The van der Waals surface area contributed by atoms with Gasteiger partial charge in [-0.25, -0.2) is 4.98 Å². The first kappa shape index (κ1) is 21.5. The minimum Gasteiger partial charge on any atom is -0.493 e. The summed E-state index contributed by atoms with van der Waals surface area (Å²) in [6.07, 6.45) is 0. The fraction of sp³-hybridized carbons (Fsp3) is 0.160. The second-order valence-corrected chi connectivity index (χ2v) is 9.16. The van der Waals surface area contributed by atoms with Gasteiger partial charge in [0.15, 0.2) is 0 Å². The highest BCUT2D eigenvalue weighted by Gasteiger charge is 2.14. The van der Waals surface area contributed by atoms with Gasteiger partial charge >= 0.3 is 0 Å². The van der Waals surface area contributed by atoms with Gasteiger partial charge in [0.1, 0.15) is 17.1 Å². The van der Waals surface area contributed by atoms with E-state index in [0.29, 0.717) is 11.8 Å². The summed E-state index contributed by atoms with van der Waals surface area (Å²) in [5.41, 5.74) is 6.09. The number of hydrogen-bond acceptors (Lipinski definition) is 5. The Hall–Kier alpha value is -2.70. The Morgan fingerprint density at radius 2 is 1.45 bits per heavy atom. The van der Waals surface area contributed by atoms with E-state index in [1.165, 1.54) is 11.1 Å². The third kappa shape index (κ3) is 5.71. The Kier molecular flexibility index (Phi) is 6.99. The molecule has 0 saturated carbocycles. The van der Waals surface area contributed by atoms with Crippen LogP contribution in [-0.2, 0) is 0 Å². The van der Waals surface area contributed by atoms with Gasteiger partial charge in [-0.3, -0.25) is 0 Å². The number of ether oxygens (including phenoxy) is 1. The molecule has 0 N–H and O–H groups in total. The number of benzene rings is 3. The first-order valence-electron chi connectivity index (χ1n) is 9.98. The van der Waals surface area contributed by atoms with E-state index in [4.69, 9.17) is 9.72 Å². The SMILES string of the molecule is Cc1ccc(-c2nnc(SCCOc3cccc(Br)c3)nc2-c2ccc(C)cc2)cc1. The molecule has 4 nitrogen and oxygen atoms in total. The third-order valence-electron chi connectivity index (χ3n) is 4.70. The highest BCUT2D eigenvalue weighted by atomic mass is 79.9. The second-order valence-electron chi connectivity index (χ2n) is 7.18. The predicted octanol–water partition coefficient (Wildman–Crippen LogP) is 6.76. The van der Waals surface area contributed by atoms with Crippen molar-refractivity contribution >= 4 is 27.7 Å². The summed E-state index contributed by atoms with van der Waals surface area (Å²) in [7, 11) is 0. The molecule has 156 valence electrons. The Labute approximate surface area is 195 Å². The standard InChI is InChI=1S/C25H22BrN3OS/c1-17-6-10-19(11-7-17)23-24(20-12-8-18(2)9-13-20)28-29-25(27-23)31-15-14-30-22-5-3-4-21(26)16-22/h3-13,16H,14-15H2,1-2H3. The molecule has 0 fully saturated rings. The van der Waals surface area contributed by atoms with E-state index in [2.05, 4.69) is 88.5 Å². The van der Waals surface area contributed by atoms with Crippen molar-refractivity contribution in [1.82, 2.24) is 15.2 Å². The molecule has 0 spiro atoms. The van der Waals surface area contributed by atoms with Crippen LogP contribution in [0.4, 0.5) is 0 Å². The maximum absolute atomic E-state index is 5.81. The monoisotopic (exact) mass is 491 g/mol. The molecule has 0 radical (unpaired) electrons. The molecule has 4 rings (SSSR count). The quantitative estimate of drug-likeness (QED) is 0.211. The van der Waals surface area contributed by atoms with E-state index < -0.39 is 0 Å². The molecule has 0 saturated heterocycles. The van der Waals surface area contributed by atoms with Crippen LogP contribution in [0, 0.1) is 13.8 Å². The Bertz CT molecular complexity index is 1160. The van der Waals surface area contributed by atoms with Crippen molar-refractivity contribution in [2.24, 2.45) is 0 Å². The topological polar surface area (TPSA) is 47.9 Å². The molecule has 1 aromatic heterocycles. The molecule has 6 heteroatoms. The number of aryl methyl sites for hydroxylation is 2. The van der Waals surface area contributed by atoms with Gasteiger partial charge in [0.05, 0.1) is 6.61 Å². The number of aromatic nitrogens is 3. The van der Waals surface area contributed by atoms with Crippen LogP contribution in [0.3, 0.4) is 0 Å². The zero-order valence-electron chi connectivity index (χ0n) is 17.4. The lowest BCUT2D eigenvalue weighted by Crippen LogP contribution is -2.03. The van der Waals surface area contributed by atoms with Crippen molar-refractivity contribution in [2.75, 3.05) is 12.4 Å².